The van der Waals surface area contributed by atoms with Crippen LogP contribution < -0.4 is 20.1 Å². The molecule has 2 aromatic heterocycles. The Kier molecular flexibility index (Phi) is 13.0. The Bertz CT molecular complexity index is 2780. The zero-order chi connectivity index (χ0) is 48.6. The number of phenols is 1. The molecule has 70 heavy (non-hydrogen) atoms. The SMILES string of the molecule is O=C1CC[C@@H](N2Cc3c(OCc4ccc(CN5CCC(CCCOc6ccc(-c7noc(C89CCC(CNC(=O)c%10cc(F)c(O)c(F)c%10F)(CC8)CC9)n7)nn6)CC5)cc4)cccc3C2=O)C(=O)N1. The van der Waals surface area contributed by atoms with Crippen molar-refractivity contribution in [3.8, 4) is 28.9 Å². The number of rotatable bonds is 16. The van der Waals surface area contributed by atoms with Crippen LogP contribution in [-0.4, -0.2) is 91.2 Å². The van der Waals surface area contributed by atoms with E-state index in [1.165, 1.54) is 10.5 Å². The van der Waals surface area contributed by atoms with E-state index in [1.807, 2.05) is 6.07 Å². The maximum Gasteiger partial charge on any atom is 0.255 e. The Balaban J connectivity index is 0.620. The number of amides is 4. The molecule has 1 atom stereocenters. The summed E-state index contributed by atoms with van der Waals surface area (Å²) in [5, 5.41) is 27.1. The Morgan fingerprint density at radius 2 is 1.66 bits per heavy atom. The second-order valence-corrected chi connectivity index (χ2v) is 19.5. The number of halogens is 3. The number of carbonyl (C=O) groups is 4. The number of hydrogen-bond donors (Lipinski definition) is 3. The molecule has 0 spiro atoms. The number of aromatic hydroxyl groups is 1. The van der Waals surface area contributed by atoms with Gasteiger partial charge in [-0.1, -0.05) is 35.5 Å². The Labute approximate surface area is 401 Å². The fraction of sp³-hybridized carbons (Fsp3) is 0.451. The minimum atomic E-state index is -1.80. The van der Waals surface area contributed by atoms with Crippen LogP contribution in [0.15, 0.2) is 65.2 Å². The van der Waals surface area contributed by atoms with Crippen LogP contribution >= 0.6 is 0 Å². The molecule has 3 saturated carbocycles. The zero-order valence-electron chi connectivity index (χ0n) is 38.5. The molecule has 2 bridgehead atoms. The van der Waals surface area contributed by atoms with Gasteiger partial charge in [-0.3, -0.25) is 29.4 Å². The molecule has 19 heteroatoms. The van der Waals surface area contributed by atoms with Crippen LogP contribution in [0.2, 0.25) is 0 Å². The number of phenolic OH excluding ortho intramolecular Hbond substituents is 1. The van der Waals surface area contributed by atoms with Gasteiger partial charge in [-0.25, -0.2) is 8.78 Å². The predicted octanol–water partition coefficient (Wildman–Crippen LogP) is 7.08. The number of hydrogen-bond acceptors (Lipinski definition) is 13. The molecule has 6 aliphatic rings. The molecule has 3 N–H and O–H groups in total. The Hall–Kier alpha value is -6.89. The number of nitrogens with zero attached hydrogens (tertiary/aromatic N) is 6. The van der Waals surface area contributed by atoms with Gasteiger partial charge >= 0.3 is 0 Å². The van der Waals surface area contributed by atoms with Crippen molar-refractivity contribution in [3.05, 3.63) is 112 Å². The van der Waals surface area contributed by atoms with Crippen LogP contribution in [-0.2, 0) is 34.7 Å². The second kappa shape index (κ2) is 19.5. The Morgan fingerprint density at radius 3 is 2.39 bits per heavy atom. The molecular weight excluding hydrogens is 910 g/mol. The molecule has 0 unspecified atom stereocenters. The minimum absolute atomic E-state index is 0.206. The number of aromatic nitrogens is 4. The number of fused-ring (bicyclic) bond motifs is 4. The smallest absolute Gasteiger partial charge is 0.255 e. The van der Waals surface area contributed by atoms with Crippen molar-refractivity contribution >= 4 is 23.6 Å². The van der Waals surface area contributed by atoms with Crippen LogP contribution in [0.1, 0.15) is 120 Å². The highest BCUT2D eigenvalue weighted by molar-refractivity contribution is 6.05. The monoisotopic (exact) mass is 962 g/mol. The van der Waals surface area contributed by atoms with Gasteiger partial charge in [0.2, 0.25) is 35.2 Å². The van der Waals surface area contributed by atoms with Crippen molar-refractivity contribution in [2.24, 2.45) is 11.3 Å². The fourth-order valence-corrected chi connectivity index (χ4v) is 10.9. The van der Waals surface area contributed by atoms with Crippen molar-refractivity contribution in [1.29, 1.82) is 0 Å². The lowest BCUT2D eigenvalue weighted by Gasteiger charge is -2.51. The number of ether oxygens (including phenoxy) is 2. The van der Waals surface area contributed by atoms with Gasteiger partial charge in [-0.05, 0) is 130 Å². The summed E-state index contributed by atoms with van der Waals surface area (Å²) in [4.78, 5) is 58.7. The average molecular weight is 963 g/mol. The van der Waals surface area contributed by atoms with Gasteiger partial charge in [0.1, 0.15) is 24.1 Å². The van der Waals surface area contributed by atoms with E-state index in [1.54, 1.807) is 24.3 Å². The first-order valence-electron chi connectivity index (χ1n) is 24.0. The second-order valence-electron chi connectivity index (χ2n) is 19.5. The average Bonchev–Trinajstić information content (AvgIpc) is 4.02. The van der Waals surface area contributed by atoms with Crippen molar-refractivity contribution in [1.82, 2.24) is 40.8 Å². The summed E-state index contributed by atoms with van der Waals surface area (Å²) in [7, 11) is 0. The van der Waals surface area contributed by atoms with Gasteiger partial charge in [0.05, 0.1) is 18.7 Å². The van der Waals surface area contributed by atoms with Crippen LogP contribution in [0.3, 0.4) is 0 Å². The third-order valence-electron chi connectivity index (χ3n) is 15.2. The number of likely N-dealkylation sites (tertiary alicyclic amines) is 1. The molecule has 5 fully saturated rings. The van der Waals surface area contributed by atoms with Gasteiger partial charge in [0.15, 0.2) is 17.4 Å². The summed E-state index contributed by atoms with van der Waals surface area (Å²) in [6.45, 7) is 4.27. The largest absolute Gasteiger partial charge is 0.503 e. The standard InChI is InChI=1S/C51H53F3N8O8/c52-36-25-34(42(53)43(54)44(36)64)46(65)55-29-50-16-19-51(20-17-50,21-18-50)49-57-45(60-70-49)37-10-13-41(59-58-37)68-24-2-3-30-14-22-61(23-15-30)26-31-6-8-32(9-7-31)28-69-39-5-1-4-33-35(39)27-62(48(33)67)38-11-12-40(63)56-47(38)66/h1,4-10,13,25,30,38,64H,2-3,11-12,14-24,26-29H2,(H,55,65)(H,56,63,66)/t38-,50?,51?/m1/s1. The fourth-order valence-electron chi connectivity index (χ4n) is 10.9. The molecule has 16 nitrogen and oxygen atoms in total. The summed E-state index contributed by atoms with van der Waals surface area (Å²) in [6.07, 6.45) is 9.11. The Morgan fingerprint density at radius 1 is 0.900 bits per heavy atom. The van der Waals surface area contributed by atoms with E-state index in [4.69, 9.17) is 19.0 Å². The number of benzene rings is 3. The van der Waals surface area contributed by atoms with E-state index in [0.29, 0.717) is 66.2 Å². The molecule has 5 aromatic rings. The summed E-state index contributed by atoms with van der Waals surface area (Å²) in [5.74, 6) is -5.66. The molecule has 3 aliphatic carbocycles. The van der Waals surface area contributed by atoms with Crippen LogP contribution in [0.5, 0.6) is 17.4 Å². The van der Waals surface area contributed by atoms with Crippen LogP contribution in [0.4, 0.5) is 13.2 Å². The maximum atomic E-state index is 14.3. The zero-order valence-corrected chi connectivity index (χ0v) is 38.5. The predicted molar refractivity (Wildman–Crippen MR) is 243 cm³/mol. The highest BCUT2D eigenvalue weighted by atomic mass is 19.2. The van der Waals surface area contributed by atoms with Gasteiger partial charge < -0.3 is 29.3 Å². The molecular formula is C51H53F3N8O8. The van der Waals surface area contributed by atoms with Crippen molar-refractivity contribution in [2.45, 2.75) is 108 Å². The molecule has 2 saturated heterocycles. The van der Waals surface area contributed by atoms with Gasteiger partial charge in [0, 0.05) is 42.1 Å². The van der Waals surface area contributed by atoms with E-state index < -0.39 is 46.6 Å². The van der Waals surface area contributed by atoms with Crippen molar-refractivity contribution < 1.29 is 51.5 Å². The molecule has 366 valence electrons. The van der Waals surface area contributed by atoms with E-state index in [9.17, 15) is 37.5 Å². The summed E-state index contributed by atoms with van der Waals surface area (Å²) in [6, 6.07) is 17.1. The van der Waals surface area contributed by atoms with Crippen LogP contribution in [0.25, 0.3) is 11.5 Å². The molecule has 4 amide bonds. The topological polar surface area (TPSA) is 202 Å². The third-order valence-corrected chi connectivity index (χ3v) is 15.2. The maximum absolute atomic E-state index is 14.3. The molecule has 3 aliphatic heterocycles. The van der Waals surface area contributed by atoms with Crippen LogP contribution in [0, 0.1) is 28.8 Å². The highest BCUT2D eigenvalue weighted by Crippen LogP contribution is 2.57. The van der Waals surface area contributed by atoms with Gasteiger partial charge in [-0.15, -0.1) is 10.2 Å². The van der Waals surface area contributed by atoms with E-state index in [-0.39, 0.29) is 42.2 Å². The summed E-state index contributed by atoms with van der Waals surface area (Å²) in [5.41, 5.74) is 2.61. The molecule has 5 heterocycles. The normalized spacial score (nSPS) is 22.5. The highest BCUT2D eigenvalue weighted by Gasteiger charge is 2.52. The number of imide groups is 1. The lowest BCUT2D eigenvalue weighted by molar-refractivity contribution is -0.136. The van der Waals surface area contributed by atoms with Crippen molar-refractivity contribution in [3.63, 3.8) is 0 Å². The summed E-state index contributed by atoms with van der Waals surface area (Å²) < 4.78 is 59.9. The van der Waals surface area contributed by atoms with Gasteiger partial charge in [0.25, 0.3) is 11.8 Å². The first-order chi connectivity index (χ1) is 33.9. The number of carbonyl (C=O) groups excluding carboxylic acids is 4. The lowest BCUT2D eigenvalue weighted by Crippen LogP contribution is -2.52. The van der Waals surface area contributed by atoms with Crippen molar-refractivity contribution in [2.75, 3.05) is 26.2 Å². The molecule has 3 aromatic carbocycles. The first kappa shape index (κ1) is 46.8. The van der Waals surface area contributed by atoms with Gasteiger partial charge in [-0.2, -0.15) is 9.37 Å². The number of piperidine rings is 2. The lowest BCUT2D eigenvalue weighted by atomic mass is 9.53. The molecule has 11 rings (SSSR count). The third kappa shape index (κ3) is 9.54. The molecule has 0 radical (unpaired) electrons. The minimum Gasteiger partial charge on any atom is -0.503 e. The number of nitrogens with one attached hydrogen (secondary N) is 2. The quantitative estimate of drug-likeness (QED) is 0.0515. The first-order valence-corrected chi connectivity index (χ1v) is 24.0. The van der Waals surface area contributed by atoms with E-state index in [2.05, 4.69) is 55.2 Å². The van der Waals surface area contributed by atoms with E-state index >= 15 is 0 Å². The van der Waals surface area contributed by atoms with E-state index in [0.717, 1.165) is 95.0 Å². The summed E-state index contributed by atoms with van der Waals surface area (Å²) >= 11 is 0.